The molecule has 3 heteroatoms. The van der Waals surface area contributed by atoms with Crippen LogP contribution < -0.4 is 4.90 Å². The van der Waals surface area contributed by atoms with Crippen LogP contribution in [-0.4, -0.2) is 5.78 Å². The van der Waals surface area contributed by atoms with Crippen molar-refractivity contribution in [3.63, 3.8) is 0 Å². The van der Waals surface area contributed by atoms with E-state index >= 15 is 0 Å². The van der Waals surface area contributed by atoms with Crippen LogP contribution in [-0.2, 0) is 5.54 Å². The van der Waals surface area contributed by atoms with Gasteiger partial charge in [0.25, 0.3) is 0 Å². The lowest BCUT2D eigenvalue weighted by molar-refractivity contribution is 0.103. The van der Waals surface area contributed by atoms with Crippen LogP contribution in [0, 0.1) is 0 Å². The van der Waals surface area contributed by atoms with Crippen LogP contribution in [0.3, 0.4) is 0 Å². The maximum Gasteiger partial charge on any atom is 0.195 e. The van der Waals surface area contributed by atoms with Crippen LogP contribution in [0.1, 0.15) is 27.0 Å². The first-order valence-electron chi connectivity index (χ1n) is 12.9. The fraction of sp³-hybridized carbons (Fsp3) is 0.0278. The SMILES string of the molecule is O=C(C1=CN(c2ccc(Br)cc2)C(c2ccccc2)(c2ccccc2)C=C1c1ccccc1)c1ccccc1. The molecule has 0 aliphatic carbocycles. The molecule has 0 fully saturated rings. The Labute approximate surface area is 237 Å². The van der Waals surface area contributed by atoms with E-state index in [4.69, 9.17) is 0 Å². The van der Waals surface area contributed by atoms with E-state index in [1.54, 1.807) is 0 Å². The molecule has 0 bridgehead atoms. The second kappa shape index (κ2) is 10.7. The number of carbonyl (C=O) groups is 1. The highest BCUT2D eigenvalue weighted by molar-refractivity contribution is 9.10. The number of hydrogen-bond donors (Lipinski definition) is 0. The third kappa shape index (κ3) is 4.67. The molecule has 0 unspecified atom stereocenters. The van der Waals surface area contributed by atoms with Gasteiger partial charge in [-0.15, -0.1) is 0 Å². The van der Waals surface area contributed by atoms with Crippen molar-refractivity contribution >= 4 is 33.0 Å². The van der Waals surface area contributed by atoms with E-state index in [2.05, 4.69) is 99.7 Å². The maximum absolute atomic E-state index is 14.2. The fourth-order valence-electron chi connectivity index (χ4n) is 5.32. The van der Waals surface area contributed by atoms with E-state index in [0.29, 0.717) is 11.1 Å². The number of benzene rings is 5. The molecule has 1 heterocycles. The van der Waals surface area contributed by atoms with Gasteiger partial charge in [0.1, 0.15) is 5.54 Å². The zero-order valence-corrected chi connectivity index (χ0v) is 22.8. The molecule has 0 atom stereocenters. The lowest BCUT2D eigenvalue weighted by Crippen LogP contribution is -2.45. The molecule has 6 rings (SSSR count). The Kier molecular flexibility index (Phi) is 6.83. The molecule has 0 spiro atoms. The van der Waals surface area contributed by atoms with Crippen LogP contribution in [0.15, 0.2) is 168 Å². The second-order valence-corrected chi connectivity index (χ2v) is 10.4. The minimum atomic E-state index is -0.706. The molecule has 2 nitrogen and oxygen atoms in total. The Balaban J connectivity index is 1.70. The summed E-state index contributed by atoms with van der Waals surface area (Å²) in [7, 11) is 0. The average molecular weight is 569 g/mol. The summed E-state index contributed by atoms with van der Waals surface area (Å²) in [6.07, 6.45) is 4.31. The Morgan fingerprint density at radius 3 is 1.62 bits per heavy atom. The predicted octanol–water partition coefficient (Wildman–Crippen LogP) is 9.06. The summed E-state index contributed by atoms with van der Waals surface area (Å²) in [5.41, 5.74) is 5.70. The highest BCUT2D eigenvalue weighted by Gasteiger charge is 2.42. The fourth-order valence-corrected chi connectivity index (χ4v) is 5.58. The summed E-state index contributed by atoms with van der Waals surface area (Å²) in [6, 6.07) is 49.0. The molecule has 0 radical (unpaired) electrons. The molecule has 5 aromatic rings. The average Bonchev–Trinajstić information content (AvgIpc) is 3.02. The van der Waals surface area contributed by atoms with E-state index in [1.807, 2.05) is 79.0 Å². The number of anilines is 1. The first kappa shape index (κ1) is 24.8. The van der Waals surface area contributed by atoms with Crippen molar-refractivity contribution in [2.45, 2.75) is 5.54 Å². The molecule has 1 aliphatic rings. The number of ketones is 1. The Hall–Kier alpha value is -4.47. The van der Waals surface area contributed by atoms with Gasteiger partial charge in [0, 0.05) is 27.5 Å². The van der Waals surface area contributed by atoms with Crippen molar-refractivity contribution in [3.8, 4) is 0 Å². The van der Waals surface area contributed by atoms with E-state index in [-0.39, 0.29) is 5.78 Å². The van der Waals surface area contributed by atoms with Gasteiger partial charge in [0.15, 0.2) is 5.78 Å². The van der Waals surface area contributed by atoms with Gasteiger partial charge in [-0.05, 0) is 52.6 Å². The van der Waals surface area contributed by atoms with Gasteiger partial charge in [0.05, 0.1) is 0 Å². The third-order valence-electron chi connectivity index (χ3n) is 7.18. The van der Waals surface area contributed by atoms with Crippen molar-refractivity contribution in [1.82, 2.24) is 0 Å². The summed E-state index contributed by atoms with van der Waals surface area (Å²) >= 11 is 3.59. The number of rotatable bonds is 6. The first-order chi connectivity index (χ1) is 19.2. The zero-order chi connectivity index (χ0) is 26.7. The number of hydrogen-bond acceptors (Lipinski definition) is 2. The normalized spacial score (nSPS) is 14.3. The van der Waals surface area contributed by atoms with Crippen LogP contribution in [0.5, 0.6) is 0 Å². The number of halogens is 1. The summed E-state index contributed by atoms with van der Waals surface area (Å²) < 4.78 is 0.998. The molecule has 0 aromatic heterocycles. The van der Waals surface area contributed by atoms with Gasteiger partial charge in [-0.2, -0.15) is 0 Å². The quantitative estimate of drug-likeness (QED) is 0.191. The molecule has 188 valence electrons. The minimum Gasteiger partial charge on any atom is -0.329 e. The van der Waals surface area contributed by atoms with Crippen molar-refractivity contribution in [3.05, 3.63) is 190 Å². The van der Waals surface area contributed by atoms with E-state index in [9.17, 15) is 4.79 Å². The van der Waals surface area contributed by atoms with Crippen LogP contribution in [0.2, 0.25) is 0 Å². The maximum atomic E-state index is 14.2. The molecule has 0 amide bonds. The Morgan fingerprint density at radius 1 is 0.590 bits per heavy atom. The summed E-state index contributed by atoms with van der Waals surface area (Å²) in [5, 5.41) is 0. The van der Waals surface area contributed by atoms with E-state index in [1.165, 1.54) is 0 Å². The third-order valence-corrected chi connectivity index (χ3v) is 7.71. The minimum absolute atomic E-state index is 0.0115. The summed E-state index contributed by atoms with van der Waals surface area (Å²) in [4.78, 5) is 16.4. The standard InChI is InChI=1S/C36H26BrNO/c37-31-21-23-32(24-22-31)38-26-34(35(39)28-15-7-2-8-16-28)33(27-13-5-1-6-14-27)25-36(38,29-17-9-3-10-18-29)30-19-11-4-12-20-30/h1-26H. The van der Waals surface area contributed by atoms with E-state index in [0.717, 1.165) is 32.4 Å². The van der Waals surface area contributed by atoms with E-state index < -0.39 is 5.54 Å². The van der Waals surface area contributed by atoms with Gasteiger partial charge in [0.2, 0.25) is 0 Å². The van der Waals surface area contributed by atoms with Gasteiger partial charge in [-0.3, -0.25) is 4.79 Å². The molecule has 39 heavy (non-hydrogen) atoms. The summed E-state index contributed by atoms with van der Waals surface area (Å²) in [5.74, 6) is -0.0115. The summed E-state index contributed by atoms with van der Waals surface area (Å²) in [6.45, 7) is 0. The molecule has 0 N–H and O–H groups in total. The lowest BCUT2D eigenvalue weighted by Gasteiger charge is -2.46. The highest BCUT2D eigenvalue weighted by atomic mass is 79.9. The monoisotopic (exact) mass is 567 g/mol. The zero-order valence-electron chi connectivity index (χ0n) is 21.2. The van der Waals surface area contributed by atoms with Gasteiger partial charge in [-0.1, -0.05) is 137 Å². The number of Topliss-reactive ketones (excluding diaryl/α,β-unsaturated/α-hetero) is 1. The largest absolute Gasteiger partial charge is 0.329 e. The second-order valence-electron chi connectivity index (χ2n) is 9.51. The number of nitrogens with zero attached hydrogens (tertiary/aromatic N) is 1. The van der Waals surface area contributed by atoms with Gasteiger partial charge < -0.3 is 4.90 Å². The Bertz CT molecular complexity index is 1600. The van der Waals surface area contributed by atoms with Gasteiger partial charge in [-0.25, -0.2) is 0 Å². The smallest absolute Gasteiger partial charge is 0.195 e. The first-order valence-corrected chi connectivity index (χ1v) is 13.7. The van der Waals surface area contributed by atoms with Crippen LogP contribution in [0.25, 0.3) is 5.57 Å². The molecule has 1 aliphatic heterocycles. The Morgan fingerprint density at radius 2 is 1.08 bits per heavy atom. The van der Waals surface area contributed by atoms with Crippen molar-refractivity contribution < 1.29 is 4.79 Å². The molecular formula is C36H26BrNO. The molecule has 0 saturated carbocycles. The van der Waals surface area contributed by atoms with Gasteiger partial charge >= 0.3 is 0 Å². The number of allylic oxidation sites excluding steroid dienone is 2. The molecule has 5 aromatic carbocycles. The highest BCUT2D eigenvalue weighted by Crippen LogP contribution is 2.47. The molecule has 0 saturated heterocycles. The van der Waals surface area contributed by atoms with Crippen LogP contribution in [0.4, 0.5) is 5.69 Å². The van der Waals surface area contributed by atoms with Crippen LogP contribution >= 0.6 is 15.9 Å². The lowest BCUT2D eigenvalue weighted by atomic mass is 9.75. The van der Waals surface area contributed by atoms with Crippen molar-refractivity contribution in [2.24, 2.45) is 0 Å². The molecular weight excluding hydrogens is 542 g/mol. The van der Waals surface area contributed by atoms with Crippen molar-refractivity contribution in [1.29, 1.82) is 0 Å². The predicted molar refractivity (Wildman–Crippen MR) is 164 cm³/mol. The number of carbonyl (C=O) groups excluding carboxylic acids is 1. The van der Waals surface area contributed by atoms with Crippen molar-refractivity contribution in [2.75, 3.05) is 4.90 Å². The topological polar surface area (TPSA) is 20.3 Å².